The molecule has 0 aliphatic carbocycles. The molecule has 0 saturated heterocycles. The van der Waals surface area contributed by atoms with Crippen LogP contribution in [0.3, 0.4) is 0 Å². The van der Waals surface area contributed by atoms with E-state index in [9.17, 15) is 24.9 Å². The summed E-state index contributed by atoms with van der Waals surface area (Å²) in [5.74, 6) is 0. The van der Waals surface area contributed by atoms with Crippen LogP contribution < -0.4 is 0 Å². The topological polar surface area (TPSA) is 94.8 Å². The molecule has 0 aromatic rings. The molecule has 0 aromatic carbocycles. The Bertz CT molecular complexity index is 701. The van der Waals surface area contributed by atoms with Gasteiger partial charge in [-0.3, -0.25) is 9.59 Å². The highest BCUT2D eigenvalue weighted by Gasteiger charge is 2.41. The normalized spacial score (nSPS) is 12.9. The van der Waals surface area contributed by atoms with E-state index in [0.29, 0.717) is 23.5 Å². The molecule has 270 valence electrons. The van der Waals surface area contributed by atoms with Gasteiger partial charge in [-0.25, -0.2) is 0 Å². The van der Waals surface area contributed by atoms with Crippen LogP contribution in [0.25, 0.3) is 0 Å². The van der Waals surface area contributed by atoms with Crippen molar-refractivity contribution in [1.82, 2.24) is 0 Å². The number of carbonyl (C=O) groups is 2. The van der Waals surface area contributed by atoms with Crippen molar-refractivity contribution in [1.29, 1.82) is 0 Å². The summed E-state index contributed by atoms with van der Waals surface area (Å²) in [7, 11) is 0. The second-order valence-electron chi connectivity index (χ2n) is 12.9. The Morgan fingerprint density at radius 2 is 0.804 bits per heavy atom. The first-order valence-electron chi connectivity index (χ1n) is 19.1. The van der Waals surface area contributed by atoms with Crippen LogP contribution in [0.1, 0.15) is 194 Å². The molecule has 1 atom stereocenters. The molecule has 0 amide bonds. The lowest BCUT2D eigenvalue weighted by Gasteiger charge is -2.29. The molecule has 0 rings (SSSR count). The number of thioether (sulfide) groups is 2. The van der Waals surface area contributed by atoms with E-state index in [2.05, 4.69) is 38.2 Å². The molecule has 0 heterocycles. The fourth-order valence-corrected chi connectivity index (χ4v) is 7.67. The third-order valence-electron chi connectivity index (χ3n) is 8.40. The van der Waals surface area contributed by atoms with E-state index >= 15 is 0 Å². The van der Waals surface area contributed by atoms with Crippen molar-refractivity contribution in [2.24, 2.45) is 0 Å². The predicted molar refractivity (Wildman–Crippen MR) is 202 cm³/mol. The first kappa shape index (κ1) is 45.4. The fourth-order valence-electron chi connectivity index (χ4n) is 5.38. The zero-order valence-corrected chi connectivity index (χ0v) is 31.5. The number of aliphatic hydroxyl groups excluding tert-OH is 2. The van der Waals surface area contributed by atoms with Gasteiger partial charge in [0.2, 0.25) is 0 Å². The summed E-state index contributed by atoms with van der Waals surface area (Å²) in [6.07, 6.45) is 38.9. The monoisotopic (exact) mass is 684 g/mol. The molecular weight excluding hydrogens is 613 g/mol. The van der Waals surface area contributed by atoms with E-state index in [-0.39, 0.29) is 23.1 Å². The van der Waals surface area contributed by atoms with Crippen molar-refractivity contribution in [3.63, 3.8) is 0 Å². The average molecular weight is 685 g/mol. The van der Waals surface area contributed by atoms with Gasteiger partial charge in [-0.1, -0.05) is 141 Å². The van der Waals surface area contributed by atoms with Crippen LogP contribution in [-0.4, -0.2) is 42.5 Å². The van der Waals surface area contributed by atoms with Gasteiger partial charge >= 0.3 is 0 Å². The van der Waals surface area contributed by atoms with Gasteiger partial charge in [-0.05, 0) is 87.7 Å². The smallest absolute Gasteiger partial charge is 0.200 e. The van der Waals surface area contributed by atoms with Crippen LogP contribution >= 0.6 is 23.5 Å². The molecule has 0 aliphatic rings. The van der Waals surface area contributed by atoms with Crippen LogP contribution in [0.15, 0.2) is 24.3 Å². The highest BCUT2D eigenvalue weighted by Crippen LogP contribution is 2.40. The first-order valence-corrected chi connectivity index (χ1v) is 20.8. The van der Waals surface area contributed by atoms with Gasteiger partial charge < -0.3 is 15.3 Å². The molecule has 0 fully saturated rings. The van der Waals surface area contributed by atoms with Crippen LogP contribution in [0.5, 0.6) is 0 Å². The summed E-state index contributed by atoms with van der Waals surface area (Å²) in [6.45, 7) is 3.79. The maximum atomic E-state index is 12.6. The molecule has 5 nitrogen and oxygen atoms in total. The van der Waals surface area contributed by atoms with Gasteiger partial charge in [-0.2, -0.15) is 0 Å². The molecule has 0 bridgehead atoms. The average Bonchev–Trinajstić information content (AvgIpc) is 3.04. The summed E-state index contributed by atoms with van der Waals surface area (Å²) >= 11 is 1.18. The maximum Gasteiger partial charge on any atom is 0.200 e. The van der Waals surface area contributed by atoms with Crippen LogP contribution in [0, 0.1) is 0 Å². The first-order chi connectivity index (χ1) is 22.4. The lowest BCUT2D eigenvalue weighted by Crippen LogP contribution is -2.40. The van der Waals surface area contributed by atoms with Gasteiger partial charge in [0, 0.05) is 12.8 Å². The third kappa shape index (κ3) is 29.5. The number of hydrogen-bond acceptors (Lipinski definition) is 7. The molecule has 0 radical (unpaired) electrons. The molecule has 1 unspecified atom stereocenters. The van der Waals surface area contributed by atoms with E-state index in [0.717, 1.165) is 77.0 Å². The van der Waals surface area contributed by atoms with E-state index in [1.165, 1.54) is 89.9 Å². The van der Waals surface area contributed by atoms with Crippen molar-refractivity contribution in [3.05, 3.63) is 24.3 Å². The van der Waals surface area contributed by atoms with Crippen LogP contribution in [0.4, 0.5) is 0 Å². The third-order valence-corrected chi connectivity index (χ3v) is 10.9. The fraction of sp³-hybridized carbons (Fsp3) is 0.846. The number of allylic oxidation sites excluding steroid dienone is 4. The summed E-state index contributed by atoms with van der Waals surface area (Å²) in [6, 6.07) is 0. The van der Waals surface area contributed by atoms with Crippen molar-refractivity contribution in [2.45, 2.75) is 204 Å². The highest BCUT2D eigenvalue weighted by atomic mass is 32.2. The van der Waals surface area contributed by atoms with Gasteiger partial charge in [-0.15, -0.1) is 0 Å². The number of hydrogen-bond donors (Lipinski definition) is 3. The Morgan fingerprint density at radius 1 is 0.522 bits per heavy atom. The number of aliphatic hydroxyl groups is 3. The molecule has 0 spiro atoms. The number of carbonyl (C=O) groups excluding carboxylic acids is 2. The van der Waals surface area contributed by atoms with Crippen molar-refractivity contribution in [2.75, 3.05) is 6.61 Å². The summed E-state index contributed by atoms with van der Waals surface area (Å²) in [5.41, 5.74) is 0. The quantitative estimate of drug-likeness (QED) is 0.0353. The Labute approximate surface area is 292 Å². The number of rotatable bonds is 34. The predicted octanol–water partition coefficient (Wildman–Crippen LogP) is 11.6. The second kappa shape index (κ2) is 34.3. The van der Waals surface area contributed by atoms with E-state index in [1.807, 2.05) is 0 Å². The molecule has 0 aliphatic heterocycles. The minimum atomic E-state index is -2.05. The zero-order chi connectivity index (χ0) is 34.0. The lowest BCUT2D eigenvalue weighted by atomic mass is 10.1. The Balaban J connectivity index is 3.96. The van der Waals surface area contributed by atoms with Gasteiger partial charge in [0.15, 0.2) is 14.5 Å². The summed E-state index contributed by atoms with van der Waals surface area (Å²) in [4.78, 5) is 25.1. The van der Waals surface area contributed by atoms with Gasteiger partial charge in [0.1, 0.15) is 6.10 Å². The van der Waals surface area contributed by atoms with Crippen molar-refractivity contribution >= 4 is 33.8 Å². The van der Waals surface area contributed by atoms with Crippen LogP contribution in [-0.2, 0) is 9.59 Å². The Kier molecular flexibility index (Phi) is 33.8. The summed E-state index contributed by atoms with van der Waals surface area (Å²) < 4.78 is -2.05. The minimum Gasteiger partial charge on any atom is -0.393 e. The zero-order valence-electron chi connectivity index (χ0n) is 29.9. The molecule has 46 heavy (non-hydrogen) atoms. The van der Waals surface area contributed by atoms with Gasteiger partial charge in [0.25, 0.3) is 0 Å². The Morgan fingerprint density at radius 3 is 1.11 bits per heavy atom. The van der Waals surface area contributed by atoms with E-state index in [1.54, 1.807) is 0 Å². The minimum absolute atomic E-state index is 0.256. The molecule has 7 heteroatoms. The maximum absolute atomic E-state index is 12.6. The highest BCUT2D eigenvalue weighted by molar-refractivity contribution is 8.30. The van der Waals surface area contributed by atoms with E-state index in [4.69, 9.17) is 0 Å². The van der Waals surface area contributed by atoms with Crippen molar-refractivity contribution in [3.8, 4) is 0 Å². The van der Waals surface area contributed by atoms with Crippen molar-refractivity contribution < 1.29 is 24.9 Å². The SMILES string of the molecule is CCCCCCCC/C=C\CCCCCCCC(=O)SC(O)(SC(=O)CCCCCCC/C=C\CCCCCCCC)C(O)CO. The van der Waals surface area contributed by atoms with E-state index < -0.39 is 17.0 Å². The molecule has 0 aromatic heterocycles. The molecule has 0 saturated carbocycles. The lowest BCUT2D eigenvalue weighted by molar-refractivity contribution is -0.111. The standard InChI is InChI=1S/C39H72O5S2/c1-3-5-7-9-11-13-15-17-19-21-23-25-27-29-31-33-37(42)45-39(44,36(41)35-40)46-38(43)34-32-30-28-26-24-22-20-18-16-14-12-10-8-6-4-2/h17-20,36,40-41,44H,3-16,21-35H2,1-2H3/b19-17-,20-18-. The van der Waals surface area contributed by atoms with Crippen LogP contribution in [0.2, 0.25) is 0 Å². The molecule has 3 N–H and O–H groups in total. The molecular formula is C39H72O5S2. The Hall–Kier alpha value is -0.600. The summed E-state index contributed by atoms with van der Waals surface area (Å²) in [5, 5.41) is 30.1. The second-order valence-corrected chi connectivity index (χ2v) is 15.8. The largest absolute Gasteiger partial charge is 0.393 e. The number of unbranched alkanes of at least 4 members (excludes halogenated alkanes) is 22. The van der Waals surface area contributed by atoms with Gasteiger partial charge in [0.05, 0.1) is 6.61 Å².